The maximum atomic E-state index is 13.6. The predicted molar refractivity (Wildman–Crippen MR) is 124 cm³/mol. The van der Waals surface area contributed by atoms with Crippen LogP contribution in [-0.4, -0.2) is 35.1 Å². The first kappa shape index (κ1) is 24.6. The third kappa shape index (κ3) is 7.78. The highest BCUT2D eigenvalue weighted by molar-refractivity contribution is 5.69. The van der Waals surface area contributed by atoms with Crippen molar-refractivity contribution < 1.29 is 23.0 Å². The molecule has 3 rings (SSSR count). The molecular weight excluding hydrogens is 424 g/mol. The fourth-order valence-corrected chi connectivity index (χ4v) is 3.65. The summed E-state index contributed by atoms with van der Waals surface area (Å²) in [6.45, 7) is 5.86. The van der Waals surface area contributed by atoms with Gasteiger partial charge in [0.05, 0.1) is 12.1 Å². The van der Waals surface area contributed by atoms with E-state index in [1.165, 1.54) is 4.90 Å². The average molecular weight is 456 g/mol. The summed E-state index contributed by atoms with van der Waals surface area (Å²) in [4.78, 5) is 14.3. The minimum Gasteiger partial charge on any atom is -0.488 e. The van der Waals surface area contributed by atoms with Crippen LogP contribution in [0.2, 0.25) is 0 Å². The summed E-state index contributed by atoms with van der Waals surface area (Å²) in [5.41, 5.74) is 1.07. The van der Waals surface area contributed by atoms with Crippen molar-refractivity contribution in [3.63, 3.8) is 0 Å². The molecule has 1 aliphatic rings. The van der Waals surface area contributed by atoms with Crippen LogP contribution in [0, 0.1) is 11.8 Å². The SMILES string of the molecule is CC(C)(C)OC(=O)N(CC#Cc1ccccc1OCc1ccccc1)C1CCC(F)(F)CC1. The Balaban J connectivity index is 1.72. The van der Waals surface area contributed by atoms with Crippen molar-refractivity contribution in [2.45, 2.75) is 70.6 Å². The Morgan fingerprint density at radius 1 is 1.06 bits per heavy atom. The molecule has 0 radical (unpaired) electrons. The number of hydrogen-bond donors (Lipinski definition) is 0. The van der Waals surface area contributed by atoms with Gasteiger partial charge in [0, 0.05) is 18.9 Å². The van der Waals surface area contributed by atoms with Crippen molar-refractivity contribution in [3.8, 4) is 17.6 Å². The highest BCUT2D eigenvalue weighted by atomic mass is 19.3. The van der Waals surface area contributed by atoms with Gasteiger partial charge >= 0.3 is 6.09 Å². The maximum Gasteiger partial charge on any atom is 0.411 e. The highest BCUT2D eigenvalue weighted by Crippen LogP contribution is 2.35. The van der Waals surface area contributed by atoms with Crippen LogP contribution in [0.1, 0.15) is 57.6 Å². The van der Waals surface area contributed by atoms with Crippen LogP contribution in [-0.2, 0) is 11.3 Å². The van der Waals surface area contributed by atoms with Gasteiger partial charge in [0.1, 0.15) is 18.0 Å². The number of amides is 1. The van der Waals surface area contributed by atoms with E-state index in [4.69, 9.17) is 9.47 Å². The molecule has 6 heteroatoms. The quantitative estimate of drug-likeness (QED) is 0.488. The second-order valence-corrected chi connectivity index (χ2v) is 9.27. The van der Waals surface area contributed by atoms with E-state index in [1.54, 1.807) is 20.8 Å². The number of alkyl halides is 2. The molecule has 2 aromatic carbocycles. The van der Waals surface area contributed by atoms with Gasteiger partial charge in [-0.05, 0) is 51.3 Å². The summed E-state index contributed by atoms with van der Waals surface area (Å²) in [7, 11) is 0. The highest BCUT2D eigenvalue weighted by Gasteiger charge is 2.39. The monoisotopic (exact) mass is 455 g/mol. The maximum absolute atomic E-state index is 13.6. The molecule has 0 bridgehead atoms. The van der Waals surface area contributed by atoms with Crippen LogP contribution in [0.5, 0.6) is 5.75 Å². The normalized spacial score (nSPS) is 15.8. The Morgan fingerprint density at radius 3 is 2.36 bits per heavy atom. The van der Waals surface area contributed by atoms with Gasteiger partial charge in [-0.25, -0.2) is 13.6 Å². The first-order chi connectivity index (χ1) is 15.6. The van der Waals surface area contributed by atoms with E-state index in [9.17, 15) is 13.6 Å². The molecule has 0 spiro atoms. The van der Waals surface area contributed by atoms with Crippen LogP contribution in [0.4, 0.5) is 13.6 Å². The van der Waals surface area contributed by atoms with E-state index in [0.29, 0.717) is 17.9 Å². The van der Waals surface area contributed by atoms with Crippen molar-refractivity contribution in [3.05, 3.63) is 65.7 Å². The van der Waals surface area contributed by atoms with Gasteiger partial charge in [-0.3, -0.25) is 4.90 Å². The summed E-state index contributed by atoms with van der Waals surface area (Å²) in [5, 5.41) is 0. The molecule has 0 N–H and O–H groups in total. The number of nitrogens with zero attached hydrogens (tertiary/aromatic N) is 1. The van der Waals surface area contributed by atoms with Crippen molar-refractivity contribution >= 4 is 6.09 Å². The molecule has 1 saturated carbocycles. The Hall–Kier alpha value is -3.07. The van der Waals surface area contributed by atoms with Gasteiger partial charge in [0.2, 0.25) is 5.92 Å². The third-order valence-corrected chi connectivity index (χ3v) is 5.35. The van der Waals surface area contributed by atoms with E-state index in [2.05, 4.69) is 11.8 Å². The lowest BCUT2D eigenvalue weighted by Crippen LogP contribution is -2.46. The number of ether oxygens (including phenoxy) is 2. The summed E-state index contributed by atoms with van der Waals surface area (Å²) < 4.78 is 38.8. The number of para-hydroxylation sites is 1. The molecule has 4 nitrogen and oxygen atoms in total. The predicted octanol–water partition coefficient (Wildman–Crippen LogP) is 6.43. The van der Waals surface area contributed by atoms with Crippen molar-refractivity contribution in [1.82, 2.24) is 4.90 Å². The second-order valence-electron chi connectivity index (χ2n) is 9.27. The van der Waals surface area contributed by atoms with Crippen LogP contribution < -0.4 is 4.74 Å². The number of carbonyl (C=O) groups excluding carboxylic acids is 1. The summed E-state index contributed by atoms with van der Waals surface area (Å²) in [5.74, 6) is 4.09. The number of halogens is 2. The van der Waals surface area contributed by atoms with E-state index < -0.39 is 17.6 Å². The fraction of sp³-hybridized carbons (Fsp3) is 0.444. The summed E-state index contributed by atoms with van der Waals surface area (Å²) in [6, 6.07) is 17.0. The average Bonchev–Trinajstić information content (AvgIpc) is 2.76. The number of carbonyl (C=O) groups is 1. The zero-order valence-corrected chi connectivity index (χ0v) is 19.4. The molecule has 0 saturated heterocycles. The van der Waals surface area contributed by atoms with E-state index in [-0.39, 0.29) is 38.3 Å². The minimum atomic E-state index is -2.67. The Morgan fingerprint density at radius 2 is 1.70 bits per heavy atom. The molecular formula is C27H31F2NO3. The lowest BCUT2D eigenvalue weighted by molar-refractivity contribution is -0.0555. The molecule has 0 heterocycles. The molecule has 176 valence electrons. The molecule has 2 aromatic rings. The van der Waals surface area contributed by atoms with Gasteiger partial charge in [0.25, 0.3) is 0 Å². The molecule has 0 atom stereocenters. The molecule has 1 amide bonds. The van der Waals surface area contributed by atoms with Gasteiger partial charge in [-0.1, -0.05) is 54.3 Å². The van der Waals surface area contributed by atoms with Crippen LogP contribution in [0.25, 0.3) is 0 Å². The van der Waals surface area contributed by atoms with Crippen molar-refractivity contribution in [2.24, 2.45) is 0 Å². The first-order valence-electron chi connectivity index (χ1n) is 11.2. The van der Waals surface area contributed by atoms with Crippen molar-refractivity contribution in [1.29, 1.82) is 0 Å². The van der Waals surface area contributed by atoms with Gasteiger partial charge < -0.3 is 9.47 Å². The summed E-state index contributed by atoms with van der Waals surface area (Å²) >= 11 is 0. The number of hydrogen-bond acceptors (Lipinski definition) is 3. The molecule has 0 aromatic heterocycles. The second kappa shape index (κ2) is 10.7. The Kier molecular flexibility index (Phi) is 7.97. The lowest BCUT2D eigenvalue weighted by atomic mass is 9.91. The molecule has 1 fully saturated rings. The molecule has 0 unspecified atom stereocenters. The van der Waals surface area contributed by atoms with Gasteiger partial charge in [-0.2, -0.15) is 0 Å². The van der Waals surface area contributed by atoms with E-state index >= 15 is 0 Å². The Bertz CT molecular complexity index is 980. The fourth-order valence-electron chi connectivity index (χ4n) is 3.65. The minimum absolute atomic E-state index is 0.0954. The number of rotatable bonds is 5. The Labute approximate surface area is 194 Å². The molecule has 0 aliphatic heterocycles. The smallest absolute Gasteiger partial charge is 0.411 e. The van der Waals surface area contributed by atoms with Gasteiger partial charge in [0.15, 0.2) is 0 Å². The summed E-state index contributed by atoms with van der Waals surface area (Å²) in [6.07, 6.45) is -0.545. The number of benzene rings is 2. The van der Waals surface area contributed by atoms with E-state index in [1.807, 2.05) is 54.6 Å². The standard InChI is InChI=1S/C27H31F2NO3/c1-26(2,3)33-25(31)30(23-15-17-27(28,29)18-16-23)19-9-13-22-12-7-8-14-24(22)32-20-21-10-5-4-6-11-21/h4-8,10-12,14,23H,15-20H2,1-3H3. The van der Waals surface area contributed by atoms with Crippen LogP contribution in [0.15, 0.2) is 54.6 Å². The lowest BCUT2D eigenvalue weighted by Gasteiger charge is -2.36. The van der Waals surface area contributed by atoms with Gasteiger partial charge in [-0.15, -0.1) is 0 Å². The molecule has 1 aliphatic carbocycles. The zero-order valence-electron chi connectivity index (χ0n) is 19.4. The zero-order chi connectivity index (χ0) is 23.9. The largest absolute Gasteiger partial charge is 0.488 e. The van der Waals surface area contributed by atoms with Crippen LogP contribution >= 0.6 is 0 Å². The third-order valence-electron chi connectivity index (χ3n) is 5.35. The first-order valence-corrected chi connectivity index (χ1v) is 11.2. The van der Waals surface area contributed by atoms with Crippen LogP contribution in [0.3, 0.4) is 0 Å². The molecule has 33 heavy (non-hydrogen) atoms. The van der Waals surface area contributed by atoms with Crippen molar-refractivity contribution in [2.75, 3.05) is 6.54 Å². The topological polar surface area (TPSA) is 38.8 Å². The van der Waals surface area contributed by atoms with E-state index in [0.717, 1.165) is 5.56 Å².